The van der Waals surface area contributed by atoms with Gasteiger partial charge in [-0.1, -0.05) is 37.3 Å². The van der Waals surface area contributed by atoms with Gasteiger partial charge in [-0.05, 0) is 0 Å². The minimum Gasteiger partial charge on any atom is -0.481 e. The molecule has 0 spiro atoms. The molecule has 1 N–H and O–H groups in total. The third-order valence-electron chi connectivity index (χ3n) is 3.05. The molecule has 2 aromatic rings. The zero-order valence-electron chi connectivity index (χ0n) is 11.5. The number of hydrogen-bond donors (Lipinski definition) is 1. The van der Waals surface area contributed by atoms with E-state index in [9.17, 15) is 4.79 Å². The van der Waals surface area contributed by atoms with Gasteiger partial charge in [0.2, 0.25) is 0 Å². The van der Waals surface area contributed by atoms with Crippen LogP contribution in [0.1, 0.15) is 6.92 Å². The monoisotopic (exact) mass is 271 g/mol. The lowest BCUT2D eigenvalue weighted by atomic mass is 10.1. The standard InChI is InChI=1S/C15H17N3O2/c1-11(15(19)20)10-18(2)14-9-16-8-13(17-14)12-6-4-3-5-7-12/h3-9,11H,10H2,1-2H3,(H,19,20). The van der Waals surface area contributed by atoms with Crippen LogP contribution in [0.5, 0.6) is 0 Å². The number of anilines is 1. The number of hydrogen-bond acceptors (Lipinski definition) is 4. The van der Waals surface area contributed by atoms with Gasteiger partial charge in [0.05, 0.1) is 24.0 Å². The largest absolute Gasteiger partial charge is 0.481 e. The predicted octanol–water partition coefficient (Wildman–Crippen LogP) is 2.30. The van der Waals surface area contributed by atoms with Crippen LogP contribution in [0.15, 0.2) is 42.7 Å². The number of carboxylic acid groups (broad SMARTS) is 1. The van der Waals surface area contributed by atoms with E-state index in [2.05, 4.69) is 9.97 Å². The first kappa shape index (κ1) is 14.0. The molecule has 20 heavy (non-hydrogen) atoms. The maximum absolute atomic E-state index is 10.9. The summed E-state index contributed by atoms with van der Waals surface area (Å²) >= 11 is 0. The van der Waals surface area contributed by atoms with Crippen LogP contribution in [0.2, 0.25) is 0 Å². The summed E-state index contributed by atoms with van der Waals surface area (Å²) in [6.45, 7) is 2.07. The number of rotatable bonds is 5. The van der Waals surface area contributed by atoms with Crippen LogP contribution in [-0.4, -0.2) is 34.6 Å². The van der Waals surface area contributed by atoms with E-state index in [1.165, 1.54) is 0 Å². The van der Waals surface area contributed by atoms with Crippen LogP contribution < -0.4 is 4.90 Å². The van der Waals surface area contributed by atoms with E-state index in [4.69, 9.17) is 5.11 Å². The van der Waals surface area contributed by atoms with Crippen LogP contribution >= 0.6 is 0 Å². The molecule has 0 bridgehead atoms. The molecule has 1 unspecified atom stereocenters. The average molecular weight is 271 g/mol. The van der Waals surface area contributed by atoms with Crippen molar-refractivity contribution in [3.63, 3.8) is 0 Å². The molecule has 0 aliphatic heterocycles. The van der Waals surface area contributed by atoms with E-state index in [0.29, 0.717) is 12.4 Å². The molecule has 5 heteroatoms. The number of aromatic nitrogens is 2. The Morgan fingerprint density at radius 3 is 2.65 bits per heavy atom. The first-order valence-corrected chi connectivity index (χ1v) is 6.39. The Morgan fingerprint density at radius 2 is 2.00 bits per heavy atom. The second-order valence-electron chi connectivity index (χ2n) is 4.75. The zero-order valence-corrected chi connectivity index (χ0v) is 11.5. The molecule has 0 saturated heterocycles. The van der Waals surface area contributed by atoms with Gasteiger partial charge in [0, 0.05) is 19.2 Å². The van der Waals surface area contributed by atoms with Crippen LogP contribution in [0.25, 0.3) is 11.3 Å². The van der Waals surface area contributed by atoms with E-state index < -0.39 is 11.9 Å². The summed E-state index contributed by atoms with van der Waals surface area (Å²) in [5.74, 6) is -0.606. The van der Waals surface area contributed by atoms with Crippen molar-refractivity contribution in [3.8, 4) is 11.3 Å². The van der Waals surface area contributed by atoms with E-state index in [1.54, 1.807) is 24.2 Å². The molecule has 1 aromatic heterocycles. The van der Waals surface area contributed by atoms with Crippen LogP contribution in [0, 0.1) is 5.92 Å². The van der Waals surface area contributed by atoms with Gasteiger partial charge < -0.3 is 10.0 Å². The molecule has 1 heterocycles. The van der Waals surface area contributed by atoms with Crippen molar-refractivity contribution < 1.29 is 9.90 Å². The van der Waals surface area contributed by atoms with Gasteiger partial charge in [0.15, 0.2) is 0 Å². The van der Waals surface area contributed by atoms with Crippen molar-refractivity contribution in [1.29, 1.82) is 0 Å². The average Bonchev–Trinajstić information content (AvgIpc) is 2.48. The summed E-state index contributed by atoms with van der Waals surface area (Å²) in [4.78, 5) is 21.4. The first-order valence-electron chi connectivity index (χ1n) is 6.39. The summed E-state index contributed by atoms with van der Waals surface area (Å²) in [5.41, 5.74) is 1.76. The first-order chi connectivity index (χ1) is 9.58. The Morgan fingerprint density at radius 1 is 1.30 bits per heavy atom. The number of nitrogens with zero attached hydrogens (tertiary/aromatic N) is 3. The van der Waals surface area contributed by atoms with Crippen molar-refractivity contribution in [3.05, 3.63) is 42.7 Å². The molecule has 0 radical (unpaired) electrons. The molecule has 2 rings (SSSR count). The molecule has 0 aliphatic rings. The Kier molecular flexibility index (Phi) is 4.30. The highest BCUT2D eigenvalue weighted by Crippen LogP contribution is 2.18. The fourth-order valence-corrected chi connectivity index (χ4v) is 1.87. The molecule has 1 atom stereocenters. The van der Waals surface area contributed by atoms with Gasteiger partial charge in [0.1, 0.15) is 5.82 Å². The summed E-state index contributed by atoms with van der Waals surface area (Å²) in [6.07, 6.45) is 3.34. The maximum atomic E-state index is 10.9. The Hall–Kier alpha value is -2.43. The Bertz CT molecular complexity index is 587. The van der Waals surface area contributed by atoms with E-state index in [-0.39, 0.29) is 0 Å². The van der Waals surface area contributed by atoms with Crippen molar-refractivity contribution in [2.45, 2.75) is 6.92 Å². The minimum absolute atomic E-state index is 0.391. The second kappa shape index (κ2) is 6.14. The van der Waals surface area contributed by atoms with Gasteiger partial charge in [-0.15, -0.1) is 0 Å². The van der Waals surface area contributed by atoms with E-state index >= 15 is 0 Å². The van der Waals surface area contributed by atoms with Crippen LogP contribution in [0.3, 0.4) is 0 Å². The lowest BCUT2D eigenvalue weighted by molar-refractivity contribution is -0.140. The zero-order chi connectivity index (χ0) is 14.5. The Labute approximate surface area is 117 Å². The molecular formula is C15H17N3O2. The summed E-state index contributed by atoms with van der Waals surface area (Å²) in [7, 11) is 1.82. The number of carboxylic acids is 1. The van der Waals surface area contributed by atoms with E-state index in [1.807, 2.05) is 37.4 Å². The molecular weight excluding hydrogens is 254 g/mol. The lowest BCUT2D eigenvalue weighted by Crippen LogP contribution is -2.29. The number of carbonyl (C=O) groups is 1. The second-order valence-corrected chi connectivity index (χ2v) is 4.75. The van der Waals surface area contributed by atoms with E-state index in [0.717, 1.165) is 11.3 Å². The van der Waals surface area contributed by atoms with Gasteiger partial charge in [-0.25, -0.2) is 4.98 Å². The molecule has 0 saturated carbocycles. The maximum Gasteiger partial charge on any atom is 0.308 e. The van der Waals surface area contributed by atoms with Gasteiger partial charge in [-0.2, -0.15) is 0 Å². The van der Waals surface area contributed by atoms with Crippen molar-refractivity contribution in [2.24, 2.45) is 5.92 Å². The third-order valence-corrected chi connectivity index (χ3v) is 3.05. The summed E-state index contributed by atoms with van der Waals surface area (Å²) < 4.78 is 0. The highest BCUT2D eigenvalue weighted by atomic mass is 16.4. The van der Waals surface area contributed by atoms with Crippen LogP contribution in [-0.2, 0) is 4.79 Å². The van der Waals surface area contributed by atoms with Crippen LogP contribution in [0.4, 0.5) is 5.82 Å². The molecule has 0 aliphatic carbocycles. The topological polar surface area (TPSA) is 66.3 Å². The van der Waals surface area contributed by atoms with Crippen molar-refractivity contribution in [2.75, 3.05) is 18.5 Å². The number of benzene rings is 1. The highest BCUT2D eigenvalue weighted by Gasteiger charge is 2.15. The molecule has 5 nitrogen and oxygen atoms in total. The molecule has 0 amide bonds. The highest BCUT2D eigenvalue weighted by molar-refractivity contribution is 5.70. The third kappa shape index (κ3) is 3.32. The molecule has 104 valence electrons. The van der Waals surface area contributed by atoms with Gasteiger partial charge >= 0.3 is 5.97 Å². The van der Waals surface area contributed by atoms with Crippen molar-refractivity contribution in [1.82, 2.24) is 9.97 Å². The Balaban J connectivity index is 2.20. The molecule has 0 fully saturated rings. The van der Waals surface area contributed by atoms with Crippen molar-refractivity contribution >= 4 is 11.8 Å². The number of aliphatic carboxylic acids is 1. The fraction of sp³-hybridized carbons (Fsp3) is 0.267. The SMILES string of the molecule is CC(CN(C)c1cncc(-c2ccccc2)n1)C(=O)O. The predicted molar refractivity (Wildman–Crippen MR) is 77.5 cm³/mol. The normalized spacial score (nSPS) is 11.9. The molecule has 1 aromatic carbocycles. The van der Waals surface area contributed by atoms with Gasteiger partial charge in [-0.3, -0.25) is 9.78 Å². The van der Waals surface area contributed by atoms with Gasteiger partial charge in [0.25, 0.3) is 0 Å². The quantitative estimate of drug-likeness (QED) is 0.903. The minimum atomic E-state index is -0.816. The lowest BCUT2D eigenvalue weighted by Gasteiger charge is -2.20. The fourth-order valence-electron chi connectivity index (χ4n) is 1.87. The summed E-state index contributed by atoms with van der Waals surface area (Å²) in [6, 6.07) is 9.77. The smallest absolute Gasteiger partial charge is 0.308 e. The summed E-state index contributed by atoms with van der Waals surface area (Å²) in [5, 5.41) is 8.95.